The molecule has 4 heteroatoms. The molecule has 2 rings (SSSR count). The molecule has 1 fully saturated rings. The summed E-state index contributed by atoms with van der Waals surface area (Å²) < 4.78 is 11.1. The third-order valence-corrected chi connectivity index (χ3v) is 4.47. The second-order valence-corrected chi connectivity index (χ2v) is 6.03. The summed E-state index contributed by atoms with van der Waals surface area (Å²) in [4.78, 5) is 1.16. The van der Waals surface area contributed by atoms with E-state index in [4.69, 9.17) is 9.47 Å². The number of nitrogens with one attached hydrogen (secondary N) is 1. The number of rotatable bonds is 5. The molecule has 1 heterocycles. The van der Waals surface area contributed by atoms with Gasteiger partial charge in [-0.3, -0.25) is 0 Å². The molecule has 1 N–H and O–H groups in total. The summed E-state index contributed by atoms with van der Waals surface area (Å²) in [5.41, 5.74) is 1.27. The number of thioether (sulfide) groups is 1. The van der Waals surface area contributed by atoms with E-state index in [1.165, 1.54) is 18.4 Å². The molecule has 0 spiro atoms. The fourth-order valence-electron chi connectivity index (χ4n) is 2.60. The van der Waals surface area contributed by atoms with Gasteiger partial charge in [-0.15, -0.1) is 11.8 Å². The summed E-state index contributed by atoms with van der Waals surface area (Å²) in [7, 11) is 3.49. The average molecular weight is 281 g/mol. The average Bonchev–Trinajstić information content (AvgIpc) is 2.48. The van der Waals surface area contributed by atoms with Crippen molar-refractivity contribution in [3.63, 3.8) is 0 Å². The minimum atomic E-state index is 0.526. The predicted molar refractivity (Wildman–Crippen MR) is 80.8 cm³/mol. The van der Waals surface area contributed by atoms with Crippen molar-refractivity contribution in [1.29, 1.82) is 0 Å². The molecule has 1 saturated heterocycles. The molecule has 1 aromatic rings. The number of ether oxygens (including phenoxy) is 2. The Balaban J connectivity index is 2.35. The minimum absolute atomic E-state index is 0.526. The lowest BCUT2D eigenvalue weighted by molar-refractivity contribution is 0.378. The maximum absolute atomic E-state index is 5.59. The Morgan fingerprint density at radius 3 is 2.63 bits per heavy atom. The van der Waals surface area contributed by atoms with Gasteiger partial charge in [0.25, 0.3) is 0 Å². The maximum atomic E-state index is 5.59. The van der Waals surface area contributed by atoms with Crippen molar-refractivity contribution in [1.82, 2.24) is 5.32 Å². The predicted octanol–water partition coefficient (Wildman–Crippen LogP) is 3.28. The Morgan fingerprint density at radius 2 is 2.05 bits per heavy atom. The molecule has 0 saturated carbocycles. The van der Waals surface area contributed by atoms with Gasteiger partial charge in [-0.25, -0.2) is 0 Å². The first-order valence-electron chi connectivity index (χ1n) is 6.89. The third kappa shape index (κ3) is 3.37. The first kappa shape index (κ1) is 14.5. The molecular formula is C15H23NO2S. The van der Waals surface area contributed by atoms with Gasteiger partial charge in [-0.05, 0) is 37.3 Å². The first-order chi connectivity index (χ1) is 9.30. The van der Waals surface area contributed by atoms with Gasteiger partial charge in [0.15, 0.2) is 0 Å². The summed E-state index contributed by atoms with van der Waals surface area (Å²) >= 11 is 1.79. The maximum Gasteiger partial charge on any atom is 0.132 e. The normalized spacial score (nSPS) is 19.2. The quantitative estimate of drug-likeness (QED) is 0.839. The van der Waals surface area contributed by atoms with E-state index in [-0.39, 0.29) is 0 Å². The first-order valence-corrected chi connectivity index (χ1v) is 7.88. The number of piperidine rings is 1. The zero-order chi connectivity index (χ0) is 13.7. The van der Waals surface area contributed by atoms with Gasteiger partial charge in [-0.2, -0.15) is 0 Å². The Labute approximate surface area is 120 Å². The van der Waals surface area contributed by atoms with Crippen molar-refractivity contribution in [2.75, 3.05) is 33.1 Å². The molecule has 0 radical (unpaired) electrons. The van der Waals surface area contributed by atoms with Crippen LogP contribution >= 0.6 is 11.8 Å². The number of methoxy groups -OCH3 is 2. The Hall–Kier alpha value is -0.870. The van der Waals surface area contributed by atoms with E-state index in [1.54, 1.807) is 26.0 Å². The fraction of sp³-hybridized carbons (Fsp3) is 0.600. The van der Waals surface area contributed by atoms with Crippen molar-refractivity contribution in [3.05, 3.63) is 17.7 Å². The lowest BCUT2D eigenvalue weighted by atomic mass is 9.91. The van der Waals surface area contributed by atoms with Crippen LogP contribution in [0.25, 0.3) is 0 Å². The molecule has 0 amide bonds. The Bertz CT molecular complexity index is 417. The second kappa shape index (κ2) is 7.06. The fourth-order valence-corrected chi connectivity index (χ4v) is 3.38. The van der Waals surface area contributed by atoms with E-state index < -0.39 is 0 Å². The molecule has 0 aromatic heterocycles. The van der Waals surface area contributed by atoms with Crippen LogP contribution in [-0.4, -0.2) is 33.1 Å². The van der Waals surface area contributed by atoms with Gasteiger partial charge < -0.3 is 14.8 Å². The summed E-state index contributed by atoms with van der Waals surface area (Å²) in [6.07, 6.45) is 2.44. The van der Waals surface area contributed by atoms with E-state index in [9.17, 15) is 0 Å². The molecule has 1 atom stereocenters. The van der Waals surface area contributed by atoms with Crippen LogP contribution in [-0.2, 0) is 0 Å². The molecular weight excluding hydrogens is 258 g/mol. The zero-order valence-electron chi connectivity index (χ0n) is 12.0. The number of hydrogen-bond acceptors (Lipinski definition) is 4. The highest BCUT2D eigenvalue weighted by molar-refractivity contribution is 7.99. The Morgan fingerprint density at radius 1 is 1.26 bits per heavy atom. The van der Waals surface area contributed by atoms with Crippen LogP contribution in [0.1, 0.15) is 31.2 Å². The molecule has 1 aromatic carbocycles. The molecule has 0 bridgehead atoms. The van der Waals surface area contributed by atoms with Gasteiger partial charge in [-0.1, -0.05) is 6.92 Å². The molecule has 3 nitrogen and oxygen atoms in total. The van der Waals surface area contributed by atoms with Crippen LogP contribution in [0.2, 0.25) is 0 Å². The van der Waals surface area contributed by atoms with Crippen molar-refractivity contribution in [2.45, 2.75) is 30.6 Å². The summed E-state index contributed by atoms with van der Waals surface area (Å²) in [6, 6.07) is 4.28. The summed E-state index contributed by atoms with van der Waals surface area (Å²) in [6.45, 7) is 4.30. The van der Waals surface area contributed by atoms with Gasteiger partial charge in [0, 0.05) is 18.0 Å². The Kier molecular flexibility index (Phi) is 5.40. The molecule has 0 aliphatic carbocycles. The molecule has 1 aliphatic rings. The van der Waals surface area contributed by atoms with Crippen molar-refractivity contribution in [2.24, 2.45) is 0 Å². The molecule has 19 heavy (non-hydrogen) atoms. The van der Waals surface area contributed by atoms with Crippen LogP contribution in [0, 0.1) is 0 Å². The third-order valence-electron chi connectivity index (χ3n) is 3.55. The number of benzene rings is 1. The molecule has 1 aliphatic heterocycles. The van der Waals surface area contributed by atoms with Gasteiger partial charge in [0.05, 0.1) is 19.1 Å². The van der Waals surface area contributed by atoms with Gasteiger partial charge in [0.1, 0.15) is 11.5 Å². The summed E-state index contributed by atoms with van der Waals surface area (Å²) in [5, 5.41) is 3.46. The SMILES string of the molecule is CCSc1cc(OC)c([C@H]2CCCNC2)cc1OC. The zero-order valence-corrected chi connectivity index (χ0v) is 12.8. The van der Waals surface area contributed by atoms with Crippen molar-refractivity contribution in [3.8, 4) is 11.5 Å². The highest BCUT2D eigenvalue weighted by atomic mass is 32.2. The van der Waals surface area contributed by atoms with Crippen LogP contribution in [0.5, 0.6) is 11.5 Å². The second-order valence-electron chi connectivity index (χ2n) is 4.72. The van der Waals surface area contributed by atoms with Crippen LogP contribution in [0.15, 0.2) is 17.0 Å². The molecule has 106 valence electrons. The van der Waals surface area contributed by atoms with Crippen LogP contribution < -0.4 is 14.8 Å². The van der Waals surface area contributed by atoms with E-state index in [2.05, 4.69) is 24.4 Å². The highest BCUT2D eigenvalue weighted by Crippen LogP contribution is 2.40. The van der Waals surface area contributed by atoms with E-state index in [1.807, 2.05) is 0 Å². The highest BCUT2D eigenvalue weighted by Gasteiger charge is 2.21. The van der Waals surface area contributed by atoms with Crippen LogP contribution in [0.3, 0.4) is 0 Å². The number of hydrogen-bond donors (Lipinski definition) is 1. The standard InChI is InChI=1S/C15H23NO2S/c1-4-19-15-9-13(17-2)12(8-14(15)18-3)11-6-5-7-16-10-11/h8-9,11,16H,4-7,10H2,1-3H3/t11-/m0/s1. The van der Waals surface area contributed by atoms with Crippen LogP contribution in [0.4, 0.5) is 0 Å². The van der Waals surface area contributed by atoms with Crippen molar-refractivity contribution < 1.29 is 9.47 Å². The molecule has 0 unspecified atom stereocenters. The van der Waals surface area contributed by atoms with E-state index in [0.29, 0.717) is 5.92 Å². The van der Waals surface area contributed by atoms with E-state index in [0.717, 1.165) is 35.2 Å². The monoisotopic (exact) mass is 281 g/mol. The van der Waals surface area contributed by atoms with Gasteiger partial charge >= 0.3 is 0 Å². The topological polar surface area (TPSA) is 30.5 Å². The smallest absolute Gasteiger partial charge is 0.132 e. The van der Waals surface area contributed by atoms with E-state index >= 15 is 0 Å². The summed E-state index contributed by atoms with van der Waals surface area (Å²) in [5.74, 6) is 3.51. The minimum Gasteiger partial charge on any atom is -0.496 e. The lowest BCUT2D eigenvalue weighted by Crippen LogP contribution is -2.28. The van der Waals surface area contributed by atoms with Crippen molar-refractivity contribution >= 4 is 11.8 Å². The largest absolute Gasteiger partial charge is 0.496 e. The lowest BCUT2D eigenvalue weighted by Gasteiger charge is -2.25. The van der Waals surface area contributed by atoms with Gasteiger partial charge in [0.2, 0.25) is 0 Å².